The Labute approximate surface area is 151 Å². The third-order valence-electron chi connectivity index (χ3n) is 4.33. The Morgan fingerprint density at radius 3 is 2.08 bits per heavy atom. The molecule has 0 radical (unpaired) electrons. The molecule has 1 aromatic carbocycles. The molecule has 1 fully saturated rings. The summed E-state index contributed by atoms with van der Waals surface area (Å²) < 4.78 is 6.95. The first-order valence-corrected chi connectivity index (χ1v) is 8.41. The van der Waals surface area contributed by atoms with Gasteiger partial charge in [-0.15, -0.1) is 0 Å². The number of hydrogen-bond donors (Lipinski definition) is 0. The molecule has 0 spiro atoms. The lowest BCUT2D eigenvalue weighted by atomic mass is 10.1. The van der Waals surface area contributed by atoms with Crippen LogP contribution in [0.4, 0.5) is 0 Å². The molecule has 132 valence electrons. The van der Waals surface area contributed by atoms with Crippen molar-refractivity contribution in [3.05, 3.63) is 52.8 Å². The van der Waals surface area contributed by atoms with Crippen molar-refractivity contribution in [3.63, 3.8) is 0 Å². The maximum Gasteiger partial charge on any atom is 0.255 e. The van der Waals surface area contributed by atoms with Crippen LogP contribution in [0.15, 0.2) is 36.7 Å². The number of aryl methyl sites for hydroxylation is 1. The standard InChI is InChI=1S/C18H20ClN3O3/c1-20-6-5-14(12-20)18(24)22-9-7-21(8-10-22)17(23)13-3-4-16(25-2)15(19)11-13/h3-6,11-12H,7-10H2,1-2H3. The van der Waals surface area contributed by atoms with E-state index in [1.54, 1.807) is 40.3 Å². The summed E-state index contributed by atoms with van der Waals surface area (Å²) in [5.41, 5.74) is 1.19. The second-order valence-corrected chi connectivity index (χ2v) is 6.41. The summed E-state index contributed by atoms with van der Waals surface area (Å²) >= 11 is 6.10. The Kier molecular flexibility index (Phi) is 4.99. The molecule has 2 amide bonds. The fourth-order valence-electron chi connectivity index (χ4n) is 2.91. The van der Waals surface area contributed by atoms with Crippen LogP contribution in [-0.2, 0) is 7.05 Å². The van der Waals surface area contributed by atoms with Crippen LogP contribution in [0.2, 0.25) is 5.02 Å². The molecule has 1 aliphatic rings. The van der Waals surface area contributed by atoms with Gasteiger partial charge in [-0.2, -0.15) is 0 Å². The molecule has 2 aromatic rings. The number of carbonyl (C=O) groups is 2. The van der Waals surface area contributed by atoms with Crippen LogP contribution in [-0.4, -0.2) is 59.5 Å². The zero-order chi connectivity index (χ0) is 18.0. The van der Waals surface area contributed by atoms with Crippen LogP contribution in [0.3, 0.4) is 0 Å². The van der Waals surface area contributed by atoms with Crippen LogP contribution in [0.5, 0.6) is 5.75 Å². The van der Waals surface area contributed by atoms with E-state index >= 15 is 0 Å². The molecule has 6 nitrogen and oxygen atoms in total. The number of amides is 2. The molecule has 0 aliphatic carbocycles. The van der Waals surface area contributed by atoms with Crippen LogP contribution in [0.25, 0.3) is 0 Å². The second-order valence-electron chi connectivity index (χ2n) is 6.00. The van der Waals surface area contributed by atoms with E-state index in [0.29, 0.717) is 48.1 Å². The SMILES string of the molecule is COc1ccc(C(=O)N2CCN(C(=O)c3ccn(C)c3)CC2)cc1Cl. The van der Waals surface area contributed by atoms with Crippen LogP contribution >= 0.6 is 11.6 Å². The third kappa shape index (κ3) is 3.64. The number of hydrogen-bond acceptors (Lipinski definition) is 3. The van der Waals surface area contributed by atoms with Gasteiger partial charge in [-0.1, -0.05) is 11.6 Å². The minimum absolute atomic E-state index is 0.000177. The molecular weight excluding hydrogens is 342 g/mol. The first-order chi connectivity index (χ1) is 12.0. The van der Waals surface area contributed by atoms with Crippen molar-refractivity contribution in [1.29, 1.82) is 0 Å². The molecule has 0 N–H and O–H groups in total. The largest absolute Gasteiger partial charge is 0.495 e. The maximum absolute atomic E-state index is 12.6. The Morgan fingerprint density at radius 2 is 1.60 bits per heavy atom. The fraction of sp³-hybridized carbons (Fsp3) is 0.333. The zero-order valence-corrected chi connectivity index (χ0v) is 15.0. The minimum atomic E-state index is -0.0867. The van der Waals surface area contributed by atoms with Gasteiger partial charge in [-0.05, 0) is 24.3 Å². The highest BCUT2D eigenvalue weighted by atomic mass is 35.5. The fourth-order valence-corrected chi connectivity index (χ4v) is 3.16. The third-order valence-corrected chi connectivity index (χ3v) is 4.63. The number of carbonyl (C=O) groups excluding carboxylic acids is 2. The molecule has 0 bridgehead atoms. The number of nitrogens with zero attached hydrogens (tertiary/aromatic N) is 3. The highest BCUT2D eigenvalue weighted by Gasteiger charge is 2.26. The van der Waals surface area contributed by atoms with Crippen LogP contribution in [0, 0.1) is 0 Å². The highest BCUT2D eigenvalue weighted by Crippen LogP contribution is 2.25. The Morgan fingerprint density at radius 1 is 1.00 bits per heavy atom. The van der Waals surface area contributed by atoms with Crippen molar-refractivity contribution in [1.82, 2.24) is 14.4 Å². The Balaban J connectivity index is 1.62. The number of benzene rings is 1. The Hall–Kier alpha value is -2.47. The van der Waals surface area contributed by atoms with Gasteiger partial charge in [0.1, 0.15) is 5.75 Å². The molecular formula is C18H20ClN3O3. The first kappa shape index (κ1) is 17.4. The minimum Gasteiger partial charge on any atom is -0.495 e. The van der Waals surface area contributed by atoms with E-state index in [1.807, 2.05) is 17.8 Å². The van der Waals surface area contributed by atoms with Gasteiger partial charge in [0.05, 0.1) is 17.7 Å². The average molecular weight is 362 g/mol. The first-order valence-electron chi connectivity index (χ1n) is 8.03. The van der Waals surface area contributed by atoms with E-state index in [-0.39, 0.29) is 11.8 Å². The molecule has 0 unspecified atom stereocenters. The maximum atomic E-state index is 12.6. The molecule has 7 heteroatoms. The van der Waals surface area contributed by atoms with Crippen molar-refractivity contribution in [2.75, 3.05) is 33.3 Å². The summed E-state index contributed by atoms with van der Waals surface area (Å²) in [4.78, 5) is 28.6. The van der Waals surface area contributed by atoms with E-state index in [9.17, 15) is 9.59 Å². The predicted octanol–water partition coefficient (Wildman–Crippen LogP) is 2.29. The molecule has 1 aromatic heterocycles. The van der Waals surface area contributed by atoms with Gasteiger partial charge in [0, 0.05) is 51.2 Å². The summed E-state index contributed by atoms with van der Waals surface area (Å²) in [5, 5.41) is 0.409. The van der Waals surface area contributed by atoms with E-state index in [2.05, 4.69) is 0 Å². The summed E-state index contributed by atoms with van der Waals surface area (Å²) in [5.74, 6) is 0.452. The molecule has 1 aliphatic heterocycles. The van der Waals surface area contributed by atoms with E-state index in [4.69, 9.17) is 16.3 Å². The van der Waals surface area contributed by atoms with Crippen LogP contribution in [0.1, 0.15) is 20.7 Å². The molecule has 3 rings (SSSR count). The lowest BCUT2D eigenvalue weighted by molar-refractivity contribution is 0.0535. The number of ether oxygens (including phenoxy) is 1. The average Bonchev–Trinajstić information content (AvgIpc) is 3.07. The number of rotatable bonds is 3. The van der Waals surface area contributed by atoms with Crippen LogP contribution < -0.4 is 4.74 Å². The monoisotopic (exact) mass is 361 g/mol. The van der Waals surface area contributed by atoms with Gasteiger partial charge in [0.25, 0.3) is 11.8 Å². The summed E-state index contributed by atoms with van der Waals surface area (Å²) in [7, 11) is 3.42. The van der Waals surface area contributed by atoms with Crippen molar-refractivity contribution < 1.29 is 14.3 Å². The van der Waals surface area contributed by atoms with Gasteiger partial charge in [-0.3, -0.25) is 9.59 Å². The number of methoxy groups -OCH3 is 1. The van der Waals surface area contributed by atoms with Gasteiger partial charge >= 0.3 is 0 Å². The van der Waals surface area contributed by atoms with Crippen molar-refractivity contribution >= 4 is 23.4 Å². The normalized spacial score (nSPS) is 14.5. The van der Waals surface area contributed by atoms with Gasteiger partial charge in [0.2, 0.25) is 0 Å². The molecule has 0 saturated carbocycles. The second kappa shape index (κ2) is 7.19. The number of halogens is 1. The summed E-state index contributed by atoms with van der Waals surface area (Å²) in [6.07, 6.45) is 3.65. The summed E-state index contributed by atoms with van der Waals surface area (Å²) in [6.45, 7) is 2.04. The molecule has 25 heavy (non-hydrogen) atoms. The zero-order valence-electron chi connectivity index (χ0n) is 14.2. The van der Waals surface area contributed by atoms with Gasteiger partial charge in [0.15, 0.2) is 0 Å². The number of aromatic nitrogens is 1. The molecule has 1 saturated heterocycles. The lowest BCUT2D eigenvalue weighted by Gasteiger charge is -2.34. The lowest BCUT2D eigenvalue weighted by Crippen LogP contribution is -2.50. The topological polar surface area (TPSA) is 54.8 Å². The smallest absolute Gasteiger partial charge is 0.255 e. The van der Waals surface area contributed by atoms with Crippen molar-refractivity contribution in [3.8, 4) is 5.75 Å². The highest BCUT2D eigenvalue weighted by molar-refractivity contribution is 6.32. The van der Waals surface area contributed by atoms with Gasteiger partial charge in [-0.25, -0.2) is 0 Å². The predicted molar refractivity (Wildman–Crippen MR) is 95.2 cm³/mol. The number of piperazine rings is 1. The van der Waals surface area contributed by atoms with E-state index < -0.39 is 0 Å². The summed E-state index contributed by atoms with van der Waals surface area (Å²) in [6, 6.07) is 6.81. The molecule has 0 atom stereocenters. The van der Waals surface area contributed by atoms with E-state index in [0.717, 1.165) is 0 Å². The quantitative estimate of drug-likeness (QED) is 0.842. The molecule has 2 heterocycles. The van der Waals surface area contributed by atoms with Crippen molar-refractivity contribution in [2.45, 2.75) is 0 Å². The van der Waals surface area contributed by atoms with Gasteiger partial charge < -0.3 is 19.1 Å². The Bertz CT molecular complexity index is 795. The van der Waals surface area contributed by atoms with Crippen molar-refractivity contribution in [2.24, 2.45) is 7.05 Å². The van der Waals surface area contributed by atoms with E-state index in [1.165, 1.54) is 7.11 Å².